The van der Waals surface area contributed by atoms with Gasteiger partial charge in [-0.15, -0.1) is 0 Å². The van der Waals surface area contributed by atoms with E-state index < -0.39 is 0 Å². The first-order valence-corrected chi connectivity index (χ1v) is 18.3. The van der Waals surface area contributed by atoms with Crippen molar-refractivity contribution in [2.45, 2.75) is 59.2 Å². The van der Waals surface area contributed by atoms with Crippen molar-refractivity contribution in [2.75, 3.05) is 36.4 Å². The molecule has 1 aromatic heterocycles. The number of ether oxygens (including phenoxy) is 2. The van der Waals surface area contributed by atoms with Crippen LogP contribution in [0.2, 0.25) is 0 Å². The van der Waals surface area contributed by atoms with Crippen LogP contribution < -0.4 is 19.7 Å². The molecule has 1 N–H and O–H groups in total. The summed E-state index contributed by atoms with van der Waals surface area (Å²) in [7, 11) is 0. The van der Waals surface area contributed by atoms with Crippen molar-refractivity contribution < 1.29 is 19.1 Å². The highest BCUT2D eigenvalue weighted by atomic mass is 16.5. The Morgan fingerprint density at radius 1 is 0.769 bits per heavy atom. The number of hydrogen-bond acceptors (Lipinski definition) is 6. The van der Waals surface area contributed by atoms with E-state index in [4.69, 9.17) is 9.47 Å². The third kappa shape index (κ3) is 9.57. The standard InChI is InChI=1S/C44H48N4O4/c1-4-24-47(25-5-2)39-28-38(29-45-30-39)46-43(49)36-14-12-34(13-15-36)35-16-20-40(21-17-35)51-31-33-8-18-41(19-9-33)52-42-22-26-48(27-23-42)44(50)37-10-6-32(3)7-11-37/h6-21,28-30,42H,4-5,22-27,31H2,1-3H3,(H,46,49). The molecule has 0 unspecified atom stereocenters. The predicted molar refractivity (Wildman–Crippen MR) is 208 cm³/mol. The first-order chi connectivity index (χ1) is 25.4. The van der Waals surface area contributed by atoms with Gasteiger partial charge in [-0.25, -0.2) is 0 Å². The fourth-order valence-electron chi connectivity index (χ4n) is 6.42. The molecule has 0 saturated carbocycles. The second-order valence-electron chi connectivity index (χ2n) is 13.4. The molecule has 1 aliphatic rings. The van der Waals surface area contributed by atoms with Crippen molar-refractivity contribution in [3.8, 4) is 22.6 Å². The molecule has 5 aromatic rings. The quantitative estimate of drug-likeness (QED) is 0.125. The summed E-state index contributed by atoms with van der Waals surface area (Å²) in [6.07, 6.45) is 7.34. The van der Waals surface area contributed by atoms with Gasteiger partial charge in [-0.1, -0.05) is 67.9 Å². The van der Waals surface area contributed by atoms with E-state index in [-0.39, 0.29) is 17.9 Å². The normalized spacial score (nSPS) is 13.0. The number of hydrogen-bond donors (Lipinski definition) is 1. The summed E-state index contributed by atoms with van der Waals surface area (Å²) in [4.78, 5) is 34.5. The van der Waals surface area contributed by atoms with E-state index in [1.54, 1.807) is 6.20 Å². The fraction of sp³-hybridized carbons (Fsp3) is 0.295. The number of carbonyl (C=O) groups excluding carboxylic acids is 2. The molecule has 2 amide bonds. The molecule has 0 radical (unpaired) electrons. The van der Waals surface area contributed by atoms with Crippen LogP contribution in [0.3, 0.4) is 0 Å². The summed E-state index contributed by atoms with van der Waals surface area (Å²) in [5.41, 5.74) is 7.27. The molecule has 0 bridgehead atoms. The lowest BCUT2D eigenvalue weighted by Crippen LogP contribution is -2.41. The van der Waals surface area contributed by atoms with E-state index in [1.807, 2.05) is 121 Å². The van der Waals surface area contributed by atoms with Crippen LogP contribution in [0, 0.1) is 6.92 Å². The zero-order valence-corrected chi connectivity index (χ0v) is 30.4. The number of piperidine rings is 1. The third-order valence-corrected chi connectivity index (χ3v) is 9.33. The van der Waals surface area contributed by atoms with E-state index in [9.17, 15) is 9.59 Å². The number of nitrogens with zero attached hydrogens (tertiary/aromatic N) is 3. The highest BCUT2D eigenvalue weighted by Gasteiger charge is 2.24. The third-order valence-electron chi connectivity index (χ3n) is 9.33. The number of anilines is 2. The largest absolute Gasteiger partial charge is 0.490 e. The summed E-state index contributed by atoms with van der Waals surface area (Å²) in [6, 6.07) is 33.4. The Labute approximate surface area is 307 Å². The minimum absolute atomic E-state index is 0.0867. The van der Waals surface area contributed by atoms with Crippen LogP contribution in [0.25, 0.3) is 11.1 Å². The van der Waals surface area contributed by atoms with Gasteiger partial charge in [0.2, 0.25) is 0 Å². The molecule has 8 heteroatoms. The Balaban J connectivity index is 0.950. The average molecular weight is 697 g/mol. The molecule has 0 atom stereocenters. The zero-order chi connectivity index (χ0) is 36.3. The van der Waals surface area contributed by atoms with Gasteiger partial charge in [0.1, 0.15) is 24.2 Å². The number of aryl methyl sites for hydroxylation is 1. The molecule has 1 fully saturated rings. The van der Waals surface area contributed by atoms with Gasteiger partial charge in [0.25, 0.3) is 11.8 Å². The lowest BCUT2D eigenvalue weighted by Gasteiger charge is -2.32. The molecule has 2 heterocycles. The minimum Gasteiger partial charge on any atom is -0.490 e. The van der Waals surface area contributed by atoms with Crippen LogP contribution in [-0.2, 0) is 6.61 Å². The van der Waals surface area contributed by atoms with Crippen LogP contribution in [0.4, 0.5) is 11.4 Å². The van der Waals surface area contributed by atoms with Gasteiger partial charge in [0.05, 0.1) is 23.8 Å². The first kappa shape index (κ1) is 36.2. The Bertz CT molecular complexity index is 1890. The zero-order valence-electron chi connectivity index (χ0n) is 30.4. The lowest BCUT2D eigenvalue weighted by molar-refractivity contribution is 0.0595. The van der Waals surface area contributed by atoms with Gasteiger partial charge in [-0.05, 0) is 91.1 Å². The van der Waals surface area contributed by atoms with Crippen LogP contribution in [-0.4, -0.2) is 54.0 Å². The Hall–Kier alpha value is -5.63. The maximum absolute atomic E-state index is 13.0. The number of pyridine rings is 1. The maximum Gasteiger partial charge on any atom is 0.255 e. The molecule has 268 valence electrons. The van der Waals surface area contributed by atoms with E-state index in [1.165, 1.54) is 0 Å². The Kier molecular flexibility index (Phi) is 12.2. The van der Waals surface area contributed by atoms with Crippen molar-refractivity contribution >= 4 is 23.2 Å². The summed E-state index contributed by atoms with van der Waals surface area (Å²) in [6.45, 7) is 10.1. The minimum atomic E-state index is -0.168. The Morgan fingerprint density at radius 2 is 1.37 bits per heavy atom. The smallest absolute Gasteiger partial charge is 0.255 e. The van der Waals surface area contributed by atoms with Crippen molar-refractivity contribution in [2.24, 2.45) is 0 Å². The molecule has 1 aliphatic heterocycles. The van der Waals surface area contributed by atoms with Crippen molar-refractivity contribution in [1.82, 2.24) is 9.88 Å². The Morgan fingerprint density at radius 3 is 2.00 bits per heavy atom. The molecule has 0 spiro atoms. The second-order valence-corrected chi connectivity index (χ2v) is 13.4. The summed E-state index contributed by atoms with van der Waals surface area (Å²) < 4.78 is 12.3. The molecule has 52 heavy (non-hydrogen) atoms. The van der Waals surface area contributed by atoms with Crippen molar-refractivity contribution in [3.63, 3.8) is 0 Å². The van der Waals surface area contributed by atoms with Crippen LogP contribution in [0.1, 0.15) is 71.4 Å². The topological polar surface area (TPSA) is 84.0 Å². The van der Waals surface area contributed by atoms with E-state index in [0.717, 1.165) is 83.8 Å². The van der Waals surface area contributed by atoms with Crippen LogP contribution in [0.5, 0.6) is 11.5 Å². The van der Waals surface area contributed by atoms with E-state index >= 15 is 0 Å². The number of likely N-dealkylation sites (tertiary alicyclic amines) is 1. The van der Waals surface area contributed by atoms with Gasteiger partial charge >= 0.3 is 0 Å². The maximum atomic E-state index is 13.0. The van der Waals surface area contributed by atoms with Gasteiger partial charge < -0.3 is 24.6 Å². The van der Waals surface area contributed by atoms with Gasteiger partial charge in [0.15, 0.2) is 0 Å². The number of benzene rings is 4. The van der Waals surface area contributed by atoms with Gasteiger partial charge in [-0.3, -0.25) is 14.6 Å². The number of aromatic nitrogens is 1. The molecule has 4 aromatic carbocycles. The van der Waals surface area contributed by atoms with Crippen molar-refractivity contribution in [1.29, 1.82) is 0 Å². The molecule has 0 aliphatic carbocycles. The highest BCUT2D eigenvalue weighted by molar-refractivity contribution is 6.04. The number of nitrogens with one attached hydrogen (secondary N) is 1. The van der Waals surface area contributed by atoms with E-state index in [2.05, 4.69) is 29.0 Å². The summed E-state index contributed by atoms with van der Waals surface area (Å²) >= 11 is 0. The highest BCUT2D eigenvalue weighted by Crippen LogP contribution is 2.26. The molecular weight excluding hydrogens is 649 g/mol. The second kappa shape index (κ2) is 17.5. The molecular formula is C44H48N4O4. The molecule has 6 rings (SSSR count). The van der Waals surface area contributed by atoms with Crippen LogP contribution >= 0.6 is 0 Å². The van der Waals surface area contributed by atoms with Gasteiger partial charge in [0, 0.05) is 50.1 Å². The first-order valence-electron chi connectivity index (χ1n) is 18.3. The van der Waals surface area contributed by atoms with Gasteiger partial charge in [-0.2, -0.15) is 0 Å². The number of rotatable bonds is 14. The summed E-state index contributed by atoms with van der Waals surface area (Å²) in [5.74, 6) is 1.52. The number of carbonyl (C=O) groups is 2. The average Bonchev–Trinajstić information content (AvgIpc) is 3.18. The fourth-order valence-corrected chi connectivity index (χ4v) is 6.42. The van der Waals surface area contributed by atoms with Crippen molar-refractivity contribution in [3.05, 3.63) is 138 Å². The molecule has 8 nitrogen and oxygen atoms in total. The number of amides is 2. The van der Waals surface area contributed by atoms with E-state index in [0.29, 0.717) is 30.9 Å². The monoisotopic (exact) mass is 696 g/mol. The SMILES string of the molecule is CCCN(CCC)c1cncc(NC(=O)c2ccc(-c3ccc(OCc4ccc(OC5CCN(C(=O)c6ccc(C)cc6)CC5)cc4)cc3)cc2)c1. The molecule has 1 saturated heterocycles. The van der Waals surface area contributed by atoms with Crippen LogP contribution in [0.15, 0.2) is 116 Å². The lowest BCUT2D eigenvalue weighted by atomic mass is 10.0. The predicted octanol–water partition coefficient (Wildman–Crippen LogP) is 9.20. The summed E-state index contributed by atoms with van der Waals surface area (Å²) in [5, 5.41) is 3.00.